The molecule has 0 amide bonds. The van der Waals surface area contributed by atoms with Gasteiger partial charge in [-0.3, -0.25) is 0 Å². The van der Waals surface area contributed by atoms with Crippen LogP contribution in [0, 0.1) is 17.2 Å². The Balaban J connectivity index is 2.08. The van der Waals surface area contributed by atoms with Crippen molar-refractivity contribution in [2.45, 2.75) is 36.8 Å². The van der Waals surface area contributed by atoms with E-state index < -0.39 is 11.7 Å². The maximum absolute atomic E-state index is 12.6. The SMILES string of the molecule is N#Cc1cc(SCC2CCCC2)ccc1C(F)(F)F. The summed E-state index contributed by atoms with van der Waals surface area (Å²) in [5.74, 6) is 1.59. The zero-order valence-corrected chi connectivity index (χ0v) is 11.2. The summed E-state index contributed by atoms with van der Waals surface area (Å²) in [7, 11) is 0. The zero-order valence-electron chi connectivity index (χ0n) is 10.3. The zero-order chi connectivity index (χ0) is 13.9. The Morgan fingerprint density at radius 2 is 1.95 bits per heavy atom. The van der Waals surface area contributed by atoms with Gasteiger partial charge >= 0.3 is 6.18 Å². The molecular formula is C14H14F3NS. The molecule has 0 radical (unpaired) electrons. The molecule has 1 aromatic rings. The number of nitrogens with zero attached hydrogens (tertiary/aromatic N) is 1. The molecule has 102 valence electrons. The van der Waals surface area contributed by atoms with Crippen molar-refractivity contribution in [3.05, 3.63) is 29.3 Å². The summed E-state index contributed by atoms with van der Waals surface area (Å²) in [5.41, 5.74) is -1.14. The van der Waals surface area contributed by atoms with Crippen LogP contribution in [-0.2, 0) is 6.18 Å². The highest BCUT2D eigenvalue weighted by Crippen LogP contribution is 2.35. The number of hydrogen-bond acceptors (Lipinski definition) is 2. The summed E-state index contributed by atoms with van der Waals surface area (Å²) in [5, 5.41) is 8.83. The van der Waals surface area contributed by atoms with Crippen LogP contribution in [0.2, 0.25) is 0 Å². The fraction of sp³-hybridized carbons (Fsp3) is 0.500. The molecule has 0 N–H and O–H groups in total. The molecule has 0 spiro atoms. The highest BCUT2D eigenvalue weighted by Gasteiger charge is 2.33. The maximum atomic E-state index is 12.6. The van der Waals surface area contributed by atoms with Gasteiger partial charge in [0.1, 0.15) is 0 Å². The Labute approximate surface area is 114 Å². The summed E-state index contributed by atoms with van der Waals surface area (Å²) < 4.78 is 37.9. The summed E-state index contributed by atoms with van der Waals surface area (Å²) in [4.78, 5) is 0.747. The molecule has 1 aliphatic carbocycles. The van der Waals surface area contributed by atoms with Crippen LogP contribution < -0.4 is 0 Å². The minimum Gasteiger partial charge on any atom is -0.192 e. The molecule has 0 aliphatic heterocycles. The number of nitriles is 1. The number of rotatable bonds is 3. The first-order valence-corrected chi connectivity index (χ1v) is 7.23. The Kier molecular flexibility index (Phi) is 4.41. The summed E-state index contributed by atoms with van der Waals surface area (Å²) in [6.45, 7) is 0. The first kappa shape index (κ1) is 14.3. The molecule has 0 heterocycles. The predicted molar refractivity (Wildman–Crippen MR) is 68.8 cm³/mol. The third-order valence-electron chi connectivity index (χ3n) is 3.38. The van der Waals surface area contributed by atoms with Gasteiger partial charge < -0.3 is 0 Å². The lowest BCUT2D eigenvalue weighted by molar-refractivity contribution is -0.137. The number of thioether (sulfide) groups is 1. The van der Waals surface area contributed by atoms with Crippen LogP contribution in [0.5, 0.6) is 0 Å². The van der Waals surface area contributed by atoms with Gasteiger partial charge in [0.25, 0.3) is 0 Å². The second kappa shape index (κ2) is 5.87. The number of hydrogen-bond donors (Lipinski definition) is 0. The van der Waals surface area contributed by atoms with Crippen molar-refractivity contribution in [3.63, 3.8) is 0 Å². The van der Waals surface area contributed by atoms with Crippen LogP contribution in [0.15, 0.2) is 23.1 Å². The fourth-order valence-corrected chi connectivity index (χ4v) is 3.47. The van der Waals surface area contributed by atoms with Gasteiger partial charge in [-0.1, -0.05) is 12.8 Å². The van der Waals surface area contributed by atoms with Crippen LogP contribution in [0.3, 0.4) is 0 Å². The average Bonchev–Trinajstić information content (AvgIpc) is 2.88. The van der Waals surface area contributed by atoms with E-state index in [1.807, 2.05) is 0 Å². The van der Waals surface area contributed by atoms with Crippen LogP contribution in [0.25, 0.3) is 0 Å². The van der Waals surface area contributed by atoms with E-state index in [2.05, 4.69) is 0 Å². The quantitative estimate of drug-likeness (QED) is 0.740. The summed E-state index contributed by atoms with van der Waals surface area (Å²) in [6, 6.07) is 5.46. The third-order valence-corrected chi connectivity index (χ3v) is 4.60. The second-order valence-corrected chi connectivity index (χ2v) is 5.87. The van der Waals surface area contributed by atoms with E-state index in [0.29, 0.717) is 5.92 Å². The van der Waals surface area contributed by atoms with E-state index in [4.69, 9.17) is 5.26 Å². The van der Waals surface area contributed by atoms with Gasteiger partial charge in [0.05, 0.1) is 17.2 Å². The van der Waals surface area contributed by atoms with Crippen molar-refractivity contribution in [1.82, 2.24) is 0 Å². The molecule has 19 heavy (non-hydrogen) atoms. The fourth-order valence-electron chi connectivity index (χ4n) is 2.34. The molecule has 2 rings (SSSR count). The van der Waals surface area contributed by atoms with Gasteiger partial charge in [-0.25, -0.2) is 0 Å². The van der Waals surface area contributed by atoms with Gasteiger partial charge in [0.15, 0.2) is 0 Å². The Morgan fingerprint density at radius 1 is 1.26 bits per heavy atom. The van der Waals surface area contributed by atoms with Crippen molar-refractivity contribution in [3.8, 4) is 6.07 Å². The molecule has 1 aliphatic rings. The first-order chi connectivity index (χ1) is 9.00. The molecule has 0 unspecified atom stereocenters. The van der Waals surface area contributed by atoms with Crippen molar-refractivity contribution < 1.29 is 13.2 Å². The maximum Gasteiger partial charge on any atom is 0.417 e. The summed E-state index contributed by atoms with van der Waals surface area (Å²) >= 11 is 1.55. The third kappa shape index (κ3) is 3.66. The van der Waals surface area contributed by atoms with Gasteiger partial charge in [0, 0.05) is 10.6 Å². The van der Waals surface area contributed by atoms with Gasteiger partial charge in [-0.05, 0) is 37.0 Å². The lowest BCUT2D eigenvalue weighted by Crippen LogP contribution is -2.07. The van der Waals surface area contributed by atoms with E-state index in [1.54, 1.807) is 17.8 Å². The topological polar surface area (TPSA) is 23.8 Å². The highest BCUT2D eigenvalue weighted by atomic mass is 32.2. The Bertz CT molecular complexity index is 484. The van der Waals surface area contributed by atoms with Gasteiger partial charge in [0.2, 0.25) is 0 Å². The number of alkyl halides is 3. The van der Waals surface area contributed by atoms with Crippen molar-refractivity contribution in [2.24, 2.45) is 5.92 Å². The van der Waals surface area contributed by atoms with Gasteiger partial charge in [-0.2, -0.15) is 18.4 Å². The molecule has 0 saturated heterocycles. The summed E-state index contributed by atoms with van der Waals surface area (Å²) in [6.07, 6.45) is 0.459. The largest absolute Gasteiger partial charge is 0.417 e. The minimum atomic E-state index is -4.46. The van der Waals surface area contributed by atoms with Crippen molar-refractivity contribution in [2.75, 3.05) is 5.75 Å². The van der Waals surface area contributed by atoms with Crippen molar-refractivity contribution in [1.29, 1.82) is 5.26 Å². The predicted octanol–water partition coefficient (Wildman–Crippen LogP) is 4.86. The van der Waals surface area contributed by atoms with E-state index in [9.17, 15) is 13.2 Å². The minimum absolute atomic E-state index is 0.288. The van der Waals surface area contributed by atoms with Crippen LogP contribution in [0.4, 0.5) is 13.2 Å². The molecule has 5 heteroatoms. The molecule has 1 fully saturated rings. The molecule has 0 bridgehead atoms. The smallest absolute Gasteiger partial charge is 0.192 e. The molecule has 1 aromatic carbocycles. The van der Waals surface area contributed by atoms with E-state index in [0.717, 1.165) is 16.7 Å². The molecule has 0 aromatic heterocycles. The normalized spacial score (nSPS) is 16.5. The van der Waals surface area contributed by atoms with E-state index in [-0.39, 0.29) is 5.56 Å². The van der Waals surface area contributed by atoms with E-state index >= 15 is 0 Å². The van der Waals surface area contributed by atoms with Crippen LogP contribution >= 0.6 is 11.8 Å². The second-order valence-electron chi connectivity index (χ2n) is 4.78. The molecule has 1 saturated carbocycles. The van der Waals surface area contributed by atoms with Crippen LogP contribution in [-0.4, -0.2) is 5.75 Å². The van der Waals surface area contributed by atoms with Gasteiger partial charge in [-0.15, -0.1) is 11.8 Å². The average molecular weight is 285 g/mol. The van der Waals surface area contributed by atoms with Crippen molar-refractivity contribution >= 4 is 11.8 Å². The Morgan fingerprint density at radius 3 is 2.53 bits per heavy atom. The Hall–Kier alpha value is -1.15. The van der Waals surface area contributed by atoms with Crippen LogP contribution in [0.1, 0.15) is 36.8 Å². The monoisotopic (exact) mass is 285 g/mol. The lowest BCUT2D eigenvalue weighted by Gasteiger charge is -2.11. The van der Waals surface area contributed by atoms with E-state index in [1.165, 1.54) is 37.8 Å². The molecule has 0 atom stereocenters. The molecule has 1 nitrogen and oxygen atoms in total. The number of benzene rings is 1. The standard InChI is InChI=1S/C14H14F3NS/c15-14(16,17)13-6-5-12(7-11(13)8-18)19-9-10-3-1-2-4-10/h5-7,10H,1-4,9H2. The molecular weight excluding hydrogens is 271 g/mol. The first-order valence-electron chi connectivity index (χ1n) is 6.25. The highest BCUT2D eigenvalue weighted by molar-refractivity contribution is 7.99. The lowest BCUT2D eigenvalue weighted by atomic mass is 10.1. The number of halogens is 3.